The average Bonchev–Trinajstić information content (AvgIpc) is 3.12. The summed E-state index contributed by atoms with van der Waals surface area (Å²) in [6.45, 7) is 16.2. The van der Waals surface area contributed by atoms with E-state index in [-0.39, 0.29) is 13.4 Å². The van der Waals surface area contributed by atoms with E-state index in [0.717, 1.165) is 0 Å². The summed E-state index contributed by atoms with van der Waals surface area (Å²) in [5.41, 5.74) is 26.5. The lowest BCUT2D eigenvalue weighted by molar-refractivity contribution is 1.29. The highest BCUT2D eigenvalue weighted by atomic mass is 15.2. The van der Waals surface area contributed by atoms with Crippen LogP contribution in [0.15, 0.2) is 133 Å². The van der Waals surface area contributed by atoms with E-state index >= 15 is 0 Å². The number of nitrogens with zero attached hydrogens (tertiary/aromatic N) is 1. The molecular weight excluding hydrogens is 624 g/mol. The Balaban J connectivity index is 1.42. The van der Waals surface area contributed by atoms with E-state index in [1.807, 2.05) is 0 Å². The topological polar surface area (TPSA) is 3.24 Å². The molecular formula is C49H43B2N. The van der Waals surface area contributed by atoms with Crippen LogP contribution in [0, 0.1) is 48.5 Å². The normalized spacial score (nSPS) is 12.8. The SMILES string of the molecule is Cc1cc(C)c(B2c3ccc(-c4ccccc4)cc3N3c4cc(-c5ccccc5)ccc4B(c4c(C)cc(C)cc4C)c4cc(C)cc2c43)c(C)c1. The van der Waals surface area contributed by atoms with Gasteiger partial charge in [-0.05, 0) is 105 Å². The molecule has 1 nitrogen and oxygen atoms in total. The summed E-state index contributed by atoms with van der Waals surface area (Å²) in [7, 11) is 0. The molecule has 0 radical (unpaired) electrons. The number of benzene rings is 7. The zero-order valence-electron chi connectivity index (χ0n) is 31.3. The summed E-state index contributed by atoms with van der Waals surface area (Å²) < 4.78 is 0. The van der Waals surface area contributed by atoms with Gasteiger partial charge in [0, 0.05) is 17.1 Å². The molecule has 2 aliphatic heterocycles. The third kappa shape index (κ3) is 5.09. The van der Waals surface area contributed by atoms with Crippen molar-refractivity contribution in [3.8, 4) is 22.3 Å². The van der Waals surface area contributed by atoms with Gasteiger partial charge >= 0.3 is 0 Å². The Morgan fingerprint density at radius 1 is 0.346 bits per heavy atom. The van der Waals surface area contributed by atoms with Gasteiger partial charge < -0.3 is 4.90 Å². The molecule has 2 aliphatic rings. The molecule has 0 bridgehead atoms. The maximum atomic E-state index is 2.64. The summed E-state index contributed by atoms with van der Waals surface area (Å²) in [5.74, 6) is 0. The molecule has 7 aromatic rings. The van der Waals surface area contributed by atoms with Crippen LogP contribution in [0.1, 0.15) is 38.9 Å². The standard InChI is InChI=1S/C49H43B2N/c1-30-22-33(4)47(34(5)23-30)50-41-20-18-39(37-14-10-8-11-15-37)28-45(41)52-46-29-40(38-16-12-9-13-17-38)19-21-42(46)51(44-27-32(3)26-43(50)49(44)52)48-35(6)24-31(2)25-36(48)7/h8-29H,1-7H3. The second-order valence-electron chi connectivity index (χ2n) is 15.4. The van der Waals surface area contributed by atoms with Crippen molar-refractivity contribution in [1.82, 2.24) is 0 Å². The Hall–Kier alpha value is -5.53. The monoisotopic (exact) mass is 667 g/mol. The van der Waals surface area contributed by atoms with E-state index in [1.165, 1.54) is 111 Å². The van der Waals surface area contributed by atoms with Crippen molar-refractivity contribution < 1.29 is 0 Å². The van der Waals surface area contributed by atoms with Crippen molar-refractivity contribution in [2.24, 2.45) is 0 Å². The maximum absolute atomic E-state index is 2.64. The number of fused-ring (bicyclic) bond motifs is 4. The molecule has 0 unspecified atom stereocenters. The first-order chi connectivity index (χ1) is 25.2. The highest BCUT2D eigenvalue weighted by Crippen LogP contribution is 2.41. The van der Waals surface area contributed by atoms with Gasteiger partial charge in [0.15, 0.2) is 0 Å². The Kier molecular flexibility index (Phi) is 7.67. The molecule has 0 aromatic heterocycles. The Bertz CT molecular complexity index is 2330. The van der Waals surface area contributed by atoms with E-state index in [4.69, 9.17) is 0 Å². The molecule has 3 heteroatoms. The van der Waals surface area contributed by atoms with Gasteiger partial charge in [-0.1, -0.05) is 171 Å². The second kappa shape index (κ2) is 12.3. The average molecular weight is 668 g/mol. The van der Waals surface area contributed by atoms with Gasteiger partial charge in [0.2, 0.25) is 13.4 Å². The van der Waals surface area contributed by atoms with Gasteiger partial charge in [-0.2, -0.15) is 0 Å². The van der Waals surface area contributed by atoms with Crippen molar-refractivity contribution in [3.63, 3.8) is 0 Å². The number of hydrogen-bond acceptors (Lipinski definition) is 1. The smallest absolute Gasteiger partial charge is 0.247 e. The van der Waals surface area contributed by atoms with Gasteiger partial charge in [0.05, 0.1) is 0 Å². The molecule has 0 saturated carbocycles. The van der Waals surface area contributed by atoms with Gasteiger partial charge in [0.25, 0.3) is 0 Å². The fourth-order valence-electron chi connectivity index (χ4n) is 9.74. The molecule has 52 heavy (non-hydrogen) atoms. The first-order valence-corrected chi connectivity index (χ1v) is 18.7. The lowest BCUT2D eigenvalue weighted by atomic mass is 9.29. The first-order valence-electron chi connectivity index (χ1n) is 18.7. The van der Waals surface area contributed by atoms with Crippen LogP contribution >= 0.6 is 0 Å². The second-order valence-corrected chi connectivity index (χ2v) is 15.4. The third-order valence-electron chi connectivity index (χ3n) is 11.6. The van der Waals surface area contributed by atoms with Gasteiger partial charge in [-0.15, -0.1) is 0 Å². The Morgan fingerprint density at radius 3 is 1.10 bits per heavy atom. The maximum Gasteiger partial charge on any atom is 0.247 e. The van der Waals surface area contributed by atoms with E-state index in [9.17, 15) is 0 Å². The van der Waals surface area contributed by atoms with Crippen molar-refractivity contribution in [2.75, 3.05) is 4.90 Å². The molecule has 0 fully saturated rings. The van der Waals surface area contributed by atoms with E-state index in [2.05, 4.69) is 187 Å². The molecule has 0 saturated heterocycles. The highest BCUT2D eigenvalue weighted by Gasteiger charge is 2.45. The summed E-state index contributed by atoms with van der Waals surface area (Å²) in [6, 6.07) is 50.6. The van der Waals surface area contributed by atoms with Gasteiger partial charge in [0.1, 0.15) is 0 Å². The van der Waals surface area contributed by atoms with Crippen LogP contribution in [0.4, 0.5) is 17.1 Å². The third-order valence-corrected chi connectivity index (χ3v) is 11.6. The minimum absolute atomic E-state index is 0.102. The van der Waals surface area contributed by atoms with Crippen LogP contribution < -0.4 is 37.7 Å². The Morgan fingerprint density at radius 2 is 0.712 bits per heavy atom. The molecule has 0 amide bonds. The zero-order chi connectivity index (χ0) is 35.8. The fraction of sp³-hybridized carbons (Fsp3) is 0.143. The molecule has 2 heterocycles. The highest BCUT2D eigenvalue weighted by molar-refractivity contribution is 7.02. The van der Waals surface area contributed by atoms with Crippen molar-refractivity contribution >= 4 is 63.3 Å². The van der Waals surface area contributed by atoms with Gasteiger partial charge in [-0.25, -0.2) is 0 Å². The summed E-state index contributed by atoms with van der Waals surface area (Å²) in [5, 5.41) is 0. The molecule has 9 rings (SSSR count). The minimum atomic E-state index is 0.102. The lowest BCUT2D eigenvalue weighted by Gasteiger charge is -2.45. The zero-order valence-corrected chi connectivity index (χ0v) is 31.3. The summed E-state index contributed by atoms with van der Waals surface area (Å²) in [6.07, 6.45) is 0. The number of anilines is 3. The molecule has 0 spiro atoms. The van der Waals surface area contributed by atoms with E-state index in [0.29, 0.717) is 0 Å². The van der Waals surface area contributed by atoms with Crippen molar-refractivity contribution in [1.29, 1.82) is 0 Å². The number of aryl methyl sites for hydroxylation is 7. The minimum Gasteiger partial charge on any atom is -0.312 e. The van der Waals surface area contributed by atoms with Crippen LogP contribution in [-0.2, 0) is 0 Å². The molecule has 0 atom stereocenters. The summed E-state index contributed by atoms with van der Waals surface area (Å²) >= 11 is 0. The quantitative estimate of drug-likeness (QED) is 0.171. The number of hydrogen-bond donors (Lipinski definition) is 0. The predicted octanol–water partition coefficient (Wildman–Crippen LogP) is 8.31. The van der Waals surface area contributed by atoms with Crippen molar-refractivity contribution in [2.45, 2.75) is 48.5 Å². The molecule has 0 N–H and O–H groups in total. The number of rotatable bonds is 4. The fourth-order valence-corrected chi connectivity index (χ4v) is 9.74. The van der Waals surface area contributed by atoms with Crippen LogP contribution in [-0.4, -0.2) is 13.4 Å². The Labute approximate surface area is 310 Å². The molecule has 250 valence electrons. The lowest BCUT2D eigenvalue weighted by Crippen LogP contribution is -2.66. The van der Waals surface area contributed by atoms with E-state index < -0.39 is 0 Å². The molecule has 0 aliphatic carbocycles. The predicted molar refractivity (Wildman–Crippen MR) is 227 cm³/mol. The molecule has 7 aromatic carbocycles. The first kappa shape index (κ1) is 32.4. The summed E-state index contributed by atoms with van der Waals surface area (Å²) in [4.78, 5) is 2.64. The van der Waals surface area contributed by atoms with Crippen LogP contribution in [0.5, 0.6) is 0 Å². The van der Waals surface area contributed by atoms with Crippen LogP contribution in [0.3, 0.4) is 0 Å². The van der Waals surface area contributed by atoms with E-state index in [1.54, 1.807) is 0 Å². The van der Waals surface area contributed by atoms with Crippen LogP contribution in [0.2, 0.25) is 0 Å². The van der Waals surface area contributed by atoms with Crippen LogP contribution in [0.25, 0.3) is 22.3 Å². The van der Waals surface area contributed by atoms with Gasteiger partial charge in [-0.3, -0.25) is 0 Å². The largest absolute Gasteiger partial charge is 0.312 e. The van der Waals surface area contributed by atoms with Crippen molar-refractivity contribution in [3.05, 3.63) is 172 Å².